The molecule has 0 heterocycles. The first-order chi connectivity index (χ1) is 9.21. The highest BCUT2D eigenvalue weighted by Crippen LogP contribution is 2.27. The predicted molar refractivity (Wildman–Crippen MR) is 85.1 cm³/mol. The molecule has 112 valence electrons. The third-order valence-corrected chi connectivity index (χ3v) is 4.30. The van der Waals surface area contributed by atoms with Gasteiger partial charge in [-0.2, -0.15) is 0 Å². The van der Waals surface area contributed by atoms with Crippen molar-refractivity contribution in [3.8, 4) is 0 Å². The van der Waals surface area contributed by atoms with E-state index < -0.39 is 0 Å². The maximum atomic E-state index is 11.2. The lowest BCUT2D eigenvalue weighted by Crippen LogP contribution is -2.06. The number of carbonyl (C=O) groups excluding carboxylic acids is 1. The molecule has 0 amide bonds. The molecule has 2 atom stereocenters. The largest absolute Gasteiger partial charge is 0.234 e. The van der Waals surface area contributed by atoms with Crippen molar-refractivity contribution in [2.75, 3.05) is 0 Å². The molecule has 0 aromatic carbocycles. The van der Waals surface area contributed by atoms with Gasteiger partial charge in [0, 0.05) is 5.57 Å². The van der Waals surface area contributed by atoms with Crippen molar-refractivity contribution in [3.05, 3.63) is 5.57 Å². The fraction of sp³-hybridized carbons (Fsp3) is 0.889. The SMILES string of the molecule is CCCCC(CC)CC(=C=O)CC(CC)CCCC. The Hall–Kier alpha value is -0.550. The van der Waals surface area contributed by atoms with E-state index in [2.05, 4.69) is 33.6 Å². The van der Waals surface area contributed by atoms with E-state index in [4.69, 9.17) is 0 Å². The molecule has 0 aliphatic heterocycles. The molecule has 0 aromatic rings. The first-order valence-electron chi connectivity index (χ1n) is 8.44. The lowest BCUT2D eigenvalue weighted by atomic mass is 9.86. The topological polar surface area (TPSA) is 17.1 Å². The smallest absolute Gasteiger partial charge is 0.123 e. The zero-order valence-electron chi connectivity index (χ0n) is 13.6. The Labute approximate surface area is 120 Å². The van der Waals surface area contributed by atoms with E-state index in [9.17, 15) is 4.79 Å². The maximum Gasteiger partial charge on any atom is 0.123 e. The van der Waals surface area contributed by atoms with E-state index in [-0.39, 0.29) is 0 Å². The normalized spacial score (nSPS) is 13.9. The van der Waals surface area contributed by atoms with Gasteiger partial charge in [0.05, 0.1) is 0 Å². The Morgan fingerprint density at radius 1 is 0.842 bits per heavy atom. The molecule has 19 heavy (non-hydrogen) atoms. The summed E-state index contributed by atoms with van der Waals surface area (Å²) in [7, 11) is 0. The minimum atomic E-state index is 0.695. The van der Waals surface area contributed by atoms with Gasteiger partial charge < -0.3 is 0 Å². The fourth-order valence-electron chi connectivity index (χ4n) is 2.75. The lowest BCUT2D eigenvalue weighted by Gasteiger charge is -2.19. The standard InChI is InChI=1S/C18H34O/c1-5-9-11-16(7-3)13-18(15-19)14-17(8-4)12-10-6-2/h16-17H,5-14H2,1-4H3. The summed E-state index contributed by atoms with van der Waals surface area (Å²) in [6, 6.07) is 0. The summed E-state index contributed by atoms with van der Waals surface area (Å²) in [4.78, 5) is 11.2. The lowest BCUT2D eigenvalue weighted by molar-refractivity contribution is 0.407. The molecule has 0 saturated carbocycles. The minimum absolute atomic E-state index is 0.695. The second kappa shape index (κ2) is 12.5. The van der Waals surface area contributed by atoms with Crippen LogP contribution >= 0.6 is 0 Å². The fourth-order valence-corrected chi connectivity index (χ4v) is 2.75. The first kappa shape index (κ1) is 18.4. The Morgan fingerprint density at radius 2 is 1.26 bits per heavy atom. The van der Waals surface area contributed by atoms with Gasteiger partial charge in [-0.15, -0.1) is 0 Å². The average molecular weight is 266 g/mol. The molecule has 1 heteroatoms. The molecule has 0 aromatic heterocycles. The Kier molecular flexibility index (Phi) is 12.1. The van der Waals surface area contributed by atoms with Crippen LogP contribution in [0.25, 0.3) is 0 Å². The summed E-state index contributed by atoms with van der Waals surface area (Å²) in [5.41, 5.74) is 1.05. The van der Waals surface area contributed by atoms with Crippen LogP contribution in [0.2, 0.25) is 0 Å². The molecule has 0 radical (unpaired) electrons. The molecule has 0 spiro atoms. The quantitative estimate of drug-likeness (QED) is 0.398. The van der Waals surface area contributed by atoms with Gasteiger partial charge in [-0.3, -0.25) is 0 Å². The number of rotatable bonds is 12. The second-order valence-electron chi connectivity index (χ2n) is 5.95. The highest BCUT2D eigenvalue weighted by Gasteiger charge is 2.14. The van der Waals surface area contributed by atoms with Crippen LogP contribution < -0.4 is 0 Å². The number of hydrogen-bond acceptors (Lipinski definition) is 1. The van der Waals surface area contributed by atoms with Crippen LogP contribution in [0.3, 0.4) is 0 Å². The highest BCUT2D eigenvalue weighted by atomic mass is 16.1. The van der Waals surface area contributed by atoms with E-state index in [1.807, 2.05) is 0 Å². The monoisotopic (exact) mass is 266 g/mol. The van der Waals surface area contributed by atoms with Gasteiger partial charge in [0.2, 0.25) is 0 Å². The van der Waals surface area contributed by atoms with Gasteiger partial charge in [-0.25, -0.2) is 4.79 Å². The highest BCUT2D eigenvalue weighted by molar-refractivity contribution is 5.52. The second-order valence-corrected chi connectivity index (χ2v) is 5.95. The third-order valence-electron chi connectivity index (χ3n) is 4.30. The van der Waals surface area contributed by atoms with Crippen molar-refractivity contribution in [2.45, 2.75) is 91.9 Å². The van der Waals surface area contributed by atoms with Gasteiger partial charge in [0.25, 0.3) is 0 Å². The van der Waals surface area contributed by atoms with Crippen molar-refractivity contribution in [1.82, 2.24) is 0 Å². The van der Waals surface area contributed by atoms with Crippen LogP contribution in [0, 0.1) is 11.8 Å². The molecule has 0 saturated heterocycles. The van der Waals surface area contributed by atoms with Crippen LogP contribution in [0.5, 0.6) is 0 Å². The molecule has 0 rings (SSSR count). The number of allylic oxidation sites excluding steroid dienone is 1. The molecule has 2 unspecified atom stereocenters. The van der Waals surface area contributed by atoms with Gasteiger partial charge in [-0.05, 0) is 24.7 Å². The molecular formula is C18H34O. The molecule has 0 fully saturated rings. The Balaban J connectivity index is 4.27. The van der Waals surface area contributed by atoms with Crippen LogP contribution in [-0.4, -0.2) is 5.94 Å². The van der Waals surface area contributed by atoms with E-state index in [0.29, 0.717) is 11.8 Å². The molecule has 0 aliphatic rings. The van der Waals surface area contributed by atoms with E-state index >= 15 is 0 Å². The number of unbranched alkanes of at least 4 members (excludes halogenated alkanes) is 2. The summed E-state index contributed by atoms with van der Waals surface area (Å²) >= 11 is 0. The van der Waals surface area contributed by atoms with Crippen molar-refractivity contribution < 1.29 is 4.79 Å². The summed E-state index contributed by atoms with van der Waals surface area (Å²) in [6.07, 6.45) is 12.0. The summed E-state index contributed by atoms with van der Waals surface area (Å²) < 4.78 is 0. The predicted octanol–water partition coefficient (Wildman–Crippen LogP) is 5.96. The zero-order chi connectivity index (χ0) is 14.5. The summed E-state index contributed by atoms with van der Waals surface area (Å²) in [6.45, 7) is 8.97. The van der Waals surface area contributed by atoms with E-state index in [0.717, 1.165) is 18.4 Å². The molecule has 0 aliphatic carbocycles. The van der Waals surface area contributed by atoms with Crippen molar-refractivity contribution in [1.29, 1.82) is 0 Å². The van der Waals surface area contributed by atoms with E-state index in [1.165, 1.54) is 51.4 Å². The van der Waals surface area contributed by atoms with Crippen molar-refractivity contribution in [2.24, 2.45) is 11.8 Å². The van der Waals surface area contributed by atoms with Crippen LogP contribution in [0.1, 0.15) is 91.9 Å². The van der Waals surface area contributed by atoms with Gasteiger partial charge in [0.1, 0.15) is 5.94 Å². The first-order valence-corrected chi connectivity index (χ1v) is 8.44. The van der Waals surface area contributed by atoms with Gasteiger partial charge in [0.15, 0.2) is 0 Å². The molecule has 0 N–H and O–H groups in total. The molecule has 0 bridgehead atoms. The maximum absolute atomic E-state index is 11.2. The minimum Gasteiger partial charge on any atom is -0.234 e. The Bertz CT molecular complexity index is 230. The summed E-state index contributed by atoms with van der Waals surface area (Å²) in [5.74, 6) is 3.64. The third kappa shape index (κ3) is 9.05. The van der Waals surface area contributed by atoms with Crippen molar-refractivity contribution >= 4 is 5.94 Å². The van der Waals surface area contributed by atoms with Crippen LogP contribution in [-0.2, 0) is 4.79 Å². The van der Waals surface area contributed by atoms with Gasteiger partial charge >= 0.3 is 0 Å². The Morgan fingerprint density at radius 3 is 1.53 bits per heavy atom. The molecule has 1 nitrogen and oxygen atoms in total. The molecular weight excluding hydrogens is 232 g/mol. The van der Waals surface area contributed by atoms with Crippen LogP contribution in [0.15, 0.2) is 5.57 Å². The van der Waals surface area contributed by atoms with E-state index in [1.54, 1.807) is 0 Å². The van der Waals surface area contributed by atoms with Gasteiger partial charge in [-0.1, -0.05) is 79.1 Å². The average Bonchev–Trinajstić information content (AvgIpc) is 2.45. The van der Waals surface area contributed by atoms with Crippen LogP contribution in [0.4, 0.5) is 0 Å². The van der Waals surface area contributed by atoms with Crippen molar-refractivity contribution in [3.63, 3.8) is 0 Å². The summed E-state index contributed by atoms with van der Waals surface area (Å²) in [5, 5.41) is 0. The number of hydrogen-bond donors (Lipinski definition) is 0. The zero-order valence-corrected chi connectivity index (χ0v) is 13.6.